The quantitative estimate of drug-likeness (QED) is 0.0524. The van der Waals surface area contributed by atoms with Crippen molar-refractivity contribution in [3.8, 4) is 11.3 Å². The molecule has 1 aromatic heterocycles. The molecule has 0 N–H and O–H groups in total. The molecule has 0 aliphatic rings. The summed E-state index contributed by atoms with van der Waals surface area (Å²) in [5.74, 6) is 0.274. The summed E-state index contributed by atoms with van der Waals surface area (Å²) in [7, 11) is 6.18. The van der Waals surface area contributed by atoms with Gasteiger partial charge in [-0.1, -0.05) is 102 Å². The van der Waals surface area contributed by atoms with Crippen LogP contribution < -0.4 is 0 Å². The van der Waals surface area contributed by atoms with Gasteiger partial charge in [0.1, 0.15) is 12.0 Å². The molecule has 11 heteroatoms. The van der Waals surface area contributed by atoms with Crippen molar-refractivity contribution in [1.29, 1.82) is 0 Å². The molecular weight excluding hydrogens is 666 g/mol. The van der Waals surface area contributed by atoms with Gasteiger partial charge in [-0.25, -0.2) is 14.6 Å². The van der Waals surface area contributed by atoms with E-state index in [1.807, 2.05) is 26.0 Å². The minimum absolute atomic E-state index is 0.0940. The number of aromatic nitrogens is 1. The first-order valence-corrected chi connectivity index (χ1v) is 18.6. The Morgan fingerprint density at radius 2 is 1.19 bits per heavy atom. The highest BCUT2D eigenvalue weighted by atomic mass is 16.7. The molecule has 1 aromatic carbocycles. The van der Waals surface area contributed by atoms with Crippen LogP contribution >= 0.6 is 0 Å². The van der Waals surface area contributed by atoms with Crippen LogP contribution in [-0.2, 0) is 38.0 Å². The Morgan fingerprint density at radius 3 is 1.65 bits per heavy atom. The third-order valence-electron chi connectivity index (χ3n) is 6.92. The Kier molecular flexibility index (Phi) is 42.2. The fourth-order valence-electron chi connectivity index (χ4n) is 3.81. The van der Waals surface area contributed by atoms with E-state index in [0.717, 1.165) is 82.3 Å². The number of aryl methyl sites for hydroxylation is 2. The zero-order chi connectivity index (χ0) is 39.7. The van der Waals surface area contributed by atoms with Gasteiger partial charge in [0.05, 0.1) is 27.4 Å². The Morgan fingerprint density at radius 1 is 0.673 bits per heavy atom. The van der Waals surface area contributed by atoms with Crippen molar-refractivity contribution >= 4 is 18.1 Å². The van der Waals surface area contributed by atoms with Gasteiger partial charge in [0.2, 0.25) is 0 Å². The van der Waals surface area contributed by atoms with Gasteiger partial charge in [-0.3, -0.25) is 4.79 Å². The maximum absolute atomic E-state index is 10.6. The minimum Gasteiger partial charge on any atom is -0.469 e. The number of ether oxygens (including phenoxy) is 6. The summed E-state index contributed by atoms with van der Waals surface area (Å²) < 4.78 is 33.0. The number of hydrogen-bond donors (Lipinski definition) is 0. The van der Waals surface area contributed by atoms with Gasteiger partial charge < -0.3 is 32.8 Å². The molecule has 0 bridgehead atoms. The minimum atomic E-state index is -0.594. The van der Waals surface area contributed by atoms with E-state index >= 15 is 0 Å². The van der Waals surface area contributed by atoms with Gasteiger partial charge >= 0.3 is 18.1 Å². The number of benzene rings is 1. The van der Waals surface area contributed by atoms with Crippen molar-refractivity contribution in [2.24, 2.45) is 0 Å². The first-order valence-electron chi connectivity index (χ1n) is 18.6. The molecule has 2 rings (SSSR count). The van der Waals surface area contributed by atoms with Crippen LogP contribution in [-0.4, -0.2) is 77.9 Å². The number of nitrogens with zero attached hydrogens (tertiary/aromatic N) is 1. The largest absolute Gasteiger partial charge is 0.507 e. The van der Waals surface area contributed by atoms with Gasteiger partial charge in [0.15, 0.2) is 5.89 Å². The lowest BCUT2D eigenvalue weighted by Gasteiger charge is -2.01. The van der Waals surface area contributed by atoms with Crippen molar-refractivity contribution in [3.63, 3.8) is 0 Å². The summed E-state index contributed by atoms with van der Waals surface area (Å²) in [6, 6.07) is 8.23. The molecule has 0 radical (unpaired) electrons. The van der Waals surface area contributed by atoms with Crippen LogP contribution in [0.4, 0.5) is 4.79 Å². The van der Waals surface area contributed by atoms with Crippen LogP contribution in [0.3, 0.4) is 0 Å². The van der Waals surface area contributed by atoms with Crippen molar-refractivity contribution in [2.75, 3.05) is 54.9 Å². The normalized spacial score (nSPS) is 9.56. The monoisotopic (exact) mass is 738 g/mol. The maximum Gasteiger partial charge on any atom is 0.507 e. The van der Waals surface area contributed by atoms with Crippen LogP contribution in [0.25, 0.3) is 11.3 Å². The van der Waals surface area contributed by atoms with Crippen molar-refractivity contribution < 1.29 is 47.2 Å². The van der Waals surface area contributed by atoms with E-state index in [2.05, 4.69) is 58.7 Å². The number of hydrogen-bond acceptors (Lipinski definition) is 11. The van der Waals surface area contributed by atoms with E-state index in [9.17, 15) is 14.4 Å². The molecule has 300 valence electrons. The van der Waals surface area contributed by atoms with E-state index in [-0.39, 0.29) is 11.9 Å². The Balaban J connectivity index is -0.000000587. The third-order valence-corrected chi connectivity index (χ3v) is 6.92. The summed E-state index contributed by atoms with van der Waals surface area (Å²) >= 11 is 0. The topological polar surface area (TPSA) is 133 Å². The standard InChI is InChI=1S/C11H11NO.C10H18O3.C7H14O2.C7H16O.C6H12O3/c1-8-3-5-10(6-4-8)11-7-13-9(2)12-11;1-3-10(11)13-9-7-5-4-6-8-12-2;1-3-4-5-6-7(8)9-2;1-3-4-5-6-7-8-2;1-3-4-5-9-6(7)8-2/h3-7H,1-2H3;3H,1,4-9H2,2H3;3-6H2,1-2H3;3-7H2,1-2H3;3-5H2,1-2H3. The number of rotatable bonds is 21. The summed E-state index contributed by atoms with van der Waals surface area (Å²) in [5.41, 5.74) is 3.25. The lowest BCUT2D eigenvalue weighted by molar-refractivity contribution is -0.141. The van der Waals surface area contributed by atoms with Gasteiger partial charge in [-0.15, -0.1) is 0 Å². The molecule has 0 atom stereocenters. The molecule has 0 spiro atoms. The van der Waals surface area contributed by atoms with Gasteiger partial charge in [0, 0.05) is 52.4 Å². The van der Waals surface area contributed by atoms with E-state index < -0.39 is 6.16 Å². The molecule has 0 unspecified atom stereocenters. The van der Waals surface area contributed by atoms with Crippen LogP contribution in [0, 0.1) is 13.8 Å². The van der Waals surface area contributed by atoms with Crippen LogP contribution in [0.2, 0.25) is 0 Å². The second-order valence-electron chi connectivity index (χ2n) is 11.6. The number of esters is 2. The molecule has 1 heterocycles. The summed E-state index contributed by atoms with van der Waals surface area (Å²) in [4.78, 5) is 35.5. The molecule has 0 saturated carbocycles. The molecule has 11 nitrogen and oxygen atoms in total. The fourth-order valence-corrected chi connectivity index (χ4v) is 3.81. The molecule has 0 aliphatic heterocycles. The first-order chi connectivity index (χ1) is 25.1. The lowest BCUT2D eigenvalue weighted by atomic mass is 10.1. The molecule has 0 saturated heterocycles. The number of carbonyl (C=O) groups excluding carboxylic acids is 3. The number of carbonyl (C=O) groups is 3. The molecule has 2 aromatic rings. The molecular formula is C41H71NO10. The summed E-state index contributed by atoms with van der Waals surface area (Å²) in [5, 5.41) is 0. The van der Waals surface area contributed by atoms with E-state index in [1.54, 1.807) is 20.5 Å². The zero-order valence-electron chi connectivity index (χ0n) is 33.9. The fraction of sp³-hybridized carbons (Fsp3) is 0.659. The molecule has 0 fully saturated rings. The second kappa shape index (κ2) is 41.7. The predicted molar refractivity (Wildman–Crippen MR) is 208 cm³/mol. The Bertz CT molecular complexity index is 1060. The number of oxazole rings is 1. The van der Waals surface area contributed by atoms with Crippen molar-refractivity contribution in [1.82, 2.24) is 4.98 Å². The van der Waals surface area contributed by atoms with E-state index in [0.29, 0.717) is 25.5 Å². The lowest BCUT2D eigenvalue weighted by Crippen LogP contribution is -2.04. The first kappa shape index (κ1) is 52.7. The average molecular weight is 738 g/mol. The predicted octanol–water partition coefficient (Wildman–Crippen LogP) is 10.4. The SMILES string of the molecule is C=CC(=O)OCCCCCCOC.CCCCCC(=O)OC.CCCCCCOC.CCCCOC(=O)OC.Cc1ccc(-c2coc(C)n2)cc1. The average Bonchev–Trinajstić information content (AvgIpc) is 3.60. The van der Waals surface area contributed by atoms with E-state index in [4.69, 9.17) is 18.6 Å². The Hall–Kier alpha value is -3.70. The van der Waals surface area contributed by atoms with Crippen LogP contribution in [0.5, 0.6) is 0 Å². The Labute approximate surface area is 315 Å². The highest BCUT2D eigenvalue weighted by molar-refractivity contribution is 5.81. The van der Waals surface area contributed by atoms with Gasteiger partial charge in [-0.05, 0) is 45.4 Å². The third kappa shape index (κ3) is 39.1. The smallest absolute Gasteiger partial charge is 0.469 e. The molecule has 0 aliphatic carbocycles. The second-order valence-corrected chi connectivity index (χ2v) is 11.6. The van der Waals surface area contributed by atoms with Gasteiger partial charge in [-0.2, -0.15) is 0 Å². The summed E-state index contributed by atoms with van der Waals surface area (Å²) in [6.07, 6.45) is 17.4. The van der Waals surface area contributed by atoms with E-state index in [1.165, 1.54) is 51.5 Å². The van der Waals surface area contributed by atoms with Crippen molar-refractivity contribution in [3.05, 3.63) is 54.6 Å². The summed E-state index contributed by atoms with van der Waals surface area (Å²) in [6.45, 7) is 16.3. The highest BCUT2D eigenvalue weighted by Gasteiger charge is 2.02. The molecule has 0 amide bonds. The van der Waals surface area contributed by atoms with Gasteiger partial charge in [0.25, 0.3) is 0 Å². The van der Waals surface area contributed by atoms with Crippen molar-refractivity contribution in [2.45, 2.75) is 125 Å². The van der Waals surface area contributed by atoms with Crippen LogP contribution in [0.15, 0.2) is 47.6 Å². The highest BCUT2D eigenvalue weighted by Crippen LogP contribution is 2.18. The maximum atomic E-state index is 10.6. The molecule has 52 heavy (non-hydrogen) atoms. The number of methoxy groups -OCH3 is 4. The zero-order valence-corrected chi connectivity index (χ0v) is 33.9. The van der Waals surface area contributed by atoms with Crippen LogP contribution in [0.1, 0.15) is 122 Å². The number of unbranched alkanes of at least 4 members (excludes halogenated alkanes) is 9.